The molecule has 0 radical (unpaired) electrons. The summed E-state index contributed by atoms with van der Waals surface area (Å²) in [5.41, 5.74) is 1.32. The molecule has 0 aliphatic rings. The van der Waals surface area contributed by atoms with E-state index in [0.717, 1.165) is 5.56 Å². The first-order valence-electron chi connectivity index (χ1n) is 4.87. The fourth-order valence-corrected chi connectivity index (χ4v) is 2.03. The van der Waals surface area contributed by atoms with Gasteiger partial charge < -0.3 is 5.32 Å². The molecule has 0 saturated heterocycles. The van der Waals surface area contributed by atoms with Gasteiger partial charge >= 0.3 is 0 Å². The SMILES string of the molecule is Cc1c(Cl)ncnc1Nc1cc(Cl)c(Cl)cc1Cl. The number of nitrogens with one attached hydrogen (secondary N) is 1. The molecule has 0 atom stereocenters. The summed E-state index contributed by atoms with van der Waals surface area (Å²) in [6.45, 7) is 1.80. The third-order valence-corrected chi connectivity index (χ3v) is 3.70. The van der Waals surface area contributed by atoms with Gasteiger partial charge in [-0.2, -0.15) is 0 Å². The Bertz CT molecular complexity index is 601. The van der Waals surface area contributed by atoms with Crippen molar-refractivity contribution in [3.8, 4) is 0 Å². The predicted molar refractivity (Wildman–Crippen MR) is 76.5 cm³/mol. The average molecular weight is 323 g/mol. The molecule has 1 aromatic heterocycles. The van der Waals surface area contributed by atoms with Crippen molar-refractivity contribution >= 4 is 57.9 Å². The number of aromatic nitrogens is 2. The van der Waals surface area contributed by atoms with Crippen molar-refractivity contribution in [2.75, 3.05) is 5.32 Å². The molecule has 1 heterocycles. The van der Waals surface area contributed by atoms with Gasteiger partial charge in [0.15, 0.2) is 0 Å². The molecule has 7 heteroatoms. The topological polar surface area (TPSA) is 37.8 Å². The summed E-state index contributed by atoms with van der Waals surface area (Å²) in [6.07, 6.45) is 1.36. The zero-order chi connectivity index (χ0) is 13.3. The van der Waals surface area contributed by atoms with Crippen molar-refractivity contribution in [1.82, 2.24) is 9.97 Å². The Kier molecular flexibility index (Phi) is 4.17. The lowest BCUT2D eigenvalue weighted by Crippen LogP contribution is -1.98. The normalized spacial score (nSPS) is 10.5. The van der Waals surface area contributed by atoms with Gasteiger partial charge in [0.05, 0.1) is 20.8 Å². The molecule has 18 heavy (non-hydrogen) atoms. The van der Waals surface area contributed by atoms with E-state index in [4.69, 9.17) is 46.4 Å². The minimum Gasteiger partial charge on any atom is -0.339 e. The second-order valence-electron chi connectivity index (χ2n) is 3.51. The summed E-state index contributed by atoms with van der Waals surface area (Å²) >= 11 is 23.8. The van der Waals surface area contributed by atoms with Gasteiger partial charge in [0.25, 0.3) is 0 Å². The second-order valence-corrected chi connectivity index (χ2v) is 5.09. The molecule has 3 nitrogen and oxygen atoms in total. The number of nitrogens with zero attached hydrogens (tertiary/aromatic N) is 2. The molecular weight excluding hydrogens is 316 g/mol. The van der Waals surface area contributed by atoms with Crippen molar-refractivity contribution in [1.29, 1.82) is 0 Å². The second kappa shape index (κ2) is 5.49. The van der Waals surface area contributed by atoms with Gasteiger partial charge in [-0.25, -0.2) is 9.97 Å². The van der Waals surface area contributed by atoms with Crippen LogP contribution in [0.4, 0.5) is 11.5 Å². The highest BCUT2D eigenvalue weighted by atomic mass is 35.5. The molecule has 0 bridgehead atoms. The van der Waals surface area contributed by atoms with Crippen LogP contribution in [-0.4, -0.2) is 9.97 Å². The van der Waals surface area contributed by atoms with Gasteiger partial charge in [-0.15, -0.1) is 0 Å². The summed E-state index contributed by atoms with van der Waals surface area (Å²) in [6, 6.07) is 3.19. The summed E-state index contributed by atoms with van der Waals surface area (Å²) in [5, 5.41) is 4.66. The Hall–Kier alpha value is -0.740. The number of benzene rings is 1. The van der Waals surface area contributed by atoms with E-state index in [-0.39, 0.29) is 0 Å². The van der Waals surface area contributed by atoms with Crippen molar-refractivity contribution in [2.24, 2.45) is 0 Å². The predicted octanol–water partition coefficient (Wildman–Crippen LogP) is 5.14. The molecular formula is C11H7Cl4N3. The monoisotopic (exact) mass is 321 g/mol. The third-order valence-electron chi connectivity index (χ3n) is 2.29. The Balaban J connectivity index is 2.40. The van der Waals surface area contributed by atoms with Crippen LogP contribution >= 0.6 is 46.4 Å². The number of hydrogen-bond donors (Lipinski definition) is 1. The Labute approximate surface area is 124 Å². The van der Waals surface area contributed by atoms with Crippen LogP contribution in [0, 0.1) is 6.92 Å². The average Bonchev–Trinajstić information content (AvgIpc) is 2.32. The fraction of sp³-hybridized carbons (Fsp3) is 0.0909. The number of hydrogen-bond acceptors (Lipinski definition) is 3. The quantitative estimate of drug-likeness (QED) is 0.614. The van der Waals surface area contributed by atoms with Crippen LogP contribution in [0.5, 0.6) is 0 Å². The maximum Gasteiger partial charge on any atom is 0.138 e. The molecule has 1 N–H and O–H groups in total. The maximum atomic E-state index is 6.06. The lowest BCUT2D eigenvalue weighted by Gasteiger charge is -2.11. The van der Waals surface area contributed by atoms with Crippen LogP contribution in [0.1, 0.15) is 5.56 Å². The maximum absolute atomic E-state index is 6.06. The van der Waals surface area contributed by atoms with Crippen molar-refractivity contribution in [3.05, 3.63) is 44.2 Å². The van der Waals surface area contributed by atoms with Gasteiger partial charge in [0.1, 0.15) is 17.3 Å². The largest absolute Gasteiger partial charge is 0.339 e. The van der Waals surface area contributed by atoms with Crippen LogP contribution in [0.3, 0.4) is 0 Å². The highest BCUT2D eigenvalue weighted by Crippen LogP contribution is 2.34. The van der Waals surface area contributed by atoms with Crippen molar-refractivity contribution in [3.63, 3.8) is 0 Å². The number of anilines is 2. The first kappa shape index (κ1) is 13.7. The van der Waals surface area contributed by atoms with Crippen molar-refractivity contribution < 1.29 is 0 Å². The fourth-order valence-electron chi connectivity index (χ4n) is 1.30. The Morgan fingerprint density at radius 2 is 1.61 bits per heavy atom. The highest BCUT2D eigenvalue weighted by molar-refractivity contribution is 6.44. The van der Waals surface area contributed by atoms with Gasteiger partial charge in [-0.05, 0) is 19.1 Å². The standard InChI is InChI=1S/C11H7Cl4N3/c1-5-10(15)16-4-17-11(5)18-9-3-7(13)6(12)2-8(9)14/h2-4H,1H3,(H,16,17,18). The molecule has 94 valence electrons. The third kappa shape index (κ3) is 2.81. The summed E-state index contributed by atoms with van der Waals surface area (Å²) in [4.78, 5) is 7.96. The van der Waals surface area contributed by atoms with Crippen LogP contribution in [-0.2, 0) is 0 Å². The van der Waals surface area contributed by atoms with E-state index < -0.39 is 0 Å². The molecule has 0 saturated carbocycles. The lowest BCUT2D eigenvalue weighted by atomic mass is 10.3. The zero-order valence-electron chi connectivity index (χ0n) is 9.14. The molecule has 0 unspecified atom stereocenters. The molecule has 0 aliphatic heterocycles. The van der Waals surface area contributed by atoms with Crippen molar-refractivity contribution in [2.45, 2.75) is 6.92 Å². The Morgan fingerprint density at radius 1 is 0.944 bits per heavy atom. The number of rotatable bonds is 2. The molecule has 0 spiro atoms. The summed E-state index contributed by atoms with van der Waals surface area (Å²) in [7, 11) is 0. The van der Waals surface area contributed by atoms with Gasteiger partial charge in [0, 0.05) is 5.56 Å². The summed E-state index contributed by atoms with van der Waals surface area (Å²) < 4.78 is 0. The first-order valence-corrected chi connectivity index (χ1v) is 6.39. The van der Waals surface area contributed by atoms with Crippen LogP contribution in [0.15, 0.2) is 18.5 Å². The van der Waals surface area contributed by atoms with E-state index in [1.165, 1.54) is 6.33 Å². The van der Waals surface area contributed by atoms with Gasteiger partial charge in [-0.3, -0.25) is 0 Å². The van der Waals surface area contributed by atoms with E-state index in [1.54, 1.807) is 19.1 Å². The smallest absolute Gasteiger partial charge is 0.138 e. The van der Waals surface area contributed by atoms with Gasteiger partial charge in [0.2, 0.25) is 0 Å². The summed E-state index contributed by atoms with van der Waals surface area (Å²) in [5.74, 6) is 0.565. The van der Waals surface area contributed by atoms with Crippen LogP contribution < -0.4 is 5.32 Å². The zero-order valence-corrected chi connectivity index (χ0v) is 12.2. The molecule has 1 aromatic carbocycles. The molecule has 2 aromatic rings. The number of halogens is 4. The van der Waals surface area contributed by atoms with E-state index in [2.05, 4.69) is 15.3 Å². The minimum absolute atomic E-state index is 0.378. The van der Waals surface area contributed by atoms with Crippen LogP contribution in [0.25, 0.3) is 0 Å². The van der Waals surface area contributed by atoms with E-state index in [0.29, 0.717) is 31.7 Å². The van der Waals surface area contributed by atoms with E-state index in [9.17, 15) is 0 Å². The highest BCUT2D eigenvalue weighted by Gasteiger charge is 2.10. The van der Waals surface area contributed by atoms with Crippen LogP contribution in [0.2, 0.25) is 20.2 Å². The lowest BCUT2D eigenvalue weighted by molar-refractivity contribution is 1.13. The van der Waals surface area contributed by atoms with E-state index in [1.807, 2.05) is 0 Å². The van der Waals surface area contributed by atoms with E-state index >= 15 is 0 Å². The first-order chi connectivity index (χ1) is 8.49. The molecule has 2 rings (SSSR count). The Morgan fingerprint density at radius 3 is 2.33 bits per heavy atom. The van der Waals surface area contributed by atoms with Gasteiger partial charge in [-0.1, -0.05) is 46.4 Å². The molecule has 0 amide bonds. The minimum atomic E-state index is 0.378. The molecule has 0 fully saturated rings. The molecule has 0 aliphatic carbocycles.